The maximum absolute atomic E-state index is 12.7. The van der Waals surface area contributed by atoms with Crippen LogP contribution in [-0.4, -0.2) is 68.9 Å². The highest BCUT2D eigenvalue weighted by atomic mass is 16.4. The predicted octanol–water partition coefficient (Wildman–Crippen LogP) is 1.23. The lowest BCUT2D eigenvalue weighted by Gasteiger charge is -2.31. The van der Waals surface area contributed by atoms with Crippen LogP contribution in [0.3, 0.4) is 0 Å². The van der Waals surface area contributed by atoms with Gasteiger partial charge in [-0.1, -0.05) is 71.0 Å². The molecule has 168 valence electrons. The van der Waals surface area contributed by atoms with Crippen LogP contribution in [0.4, 0.5) is 0 Å². The van der Waals surface area contributed by atoms with Crippen LogP contribution in [0.15, 0.2) is 71.0 Å². The Morgan fingerprint density at radius 1 is 0.844 bits per heavy atom. The summed E-state index contributed by atoms with van der Waals surface area (Å²) in [6, 6.07) is 17.0. The fraction of sp³-hybridized carbons (Fsp3) is 0.190. The van der Waals surface area contributed by atoms with Crippen LogP contribution in [0, 0.1) is 0 Å². The van der Waals surface area contributed by atoms with E-state index in [1.54, 1.807) is 60.7 Å². The summed E-state index contributed by atoms with van der Waals surface area (Å²) in [6.07, 6.45) is -0.699. The van der Waals surface area contributed by atoms with E-state index in [9.17, 15) is 24.8 Å². The number of amidine groups is 2. The Hall–Kier alpha value is -4.41. The molecule has 0 spiro atoms. The molecule has 0 saturated carbocycles. The number of hydrogen-bond donors (Lipinski definition) is 3. The van der Waals surface area contributed by atoms with Gasteiger partial charge in [-0.15, -0.1) is 0 Å². The highest BCUT2D eigenvalue weighted by Gasteiger charge is 2.28. The van der Waals surface area contributed by atoms with E-state index in [0.29, 0.717) is 16.1 Å². The standard InChI is InChI=1S/C21H24N6O5/c1-15(28)27(26(3)21(24-32)17-12-8-5-9-13-17)19(30)14-18(29)22-25(2)20(23-31)16-10-6-4-7-11-16/h4-13,31-32H,14H2,1-3H3,(H,22,29)/b23-20-,24-21+. The van der Waals surface area contributed by atoms with Crippen molar-refractivity contribution in [1.29, 1.82) is 0 Å². The van der Waals surface area contributed by atoms with E-state index in [1.165, 1.54) is 14.1 Å². The average molecular weight is 440 g/mol. The van der Waals surface area contributed by atoms with Gasteiger partial charge in [-0.3, -0.25) is 29.8 Å². The number of carbonyl (C=O) groups excluding carboxylic acids is 3. The zero-order valence-corrected chi connectivity index (χ0v) is 17.8. The molecule has 0 unspecified atom stereocenters. The van der Waals surface area contributed by atoms with Gasteiger partial charge in [0.15, 0.2) is 11.7 Å². The summed E-state index contributed by atoms with van der Waals surface area (Å²) in [5.74, 6) is -2.31. The first-order chi connectivity index (χ1) is 15.3. The molecule has 0 fully saturated rings. The van der Waals surface area contributed by atoms with Gasteiger partial charge in [0, 0.05) is 32.1 Å². The van der Waals surface area contributed by atoms with E-state index in [1.807, 2.05) is 0 Å². The number of benzene rings is 2. The van der Waals surface area contributed by atoms with Gasteiger partial charge < -0.3 is 10.4 Å². The number of hydrogen-bond acceptors (Lipinski definition) is 7. The SMILES string of the molecule is CC(=O)N(C(=O)CC(=O)NN(C)/C(=N\O)c1ccccc1)N(C)/C(=N/O)c1ccccc1. The molecular formula is C21H24N6O5. The van der Waals surface area contributed by atoms with Crippen molar-refractivity contribution in [1.82, 2.24) is 20.5 Å². The minimum absolute atomic E-state index is 0.0470. The third-order valence-electron chi connectivity index (χ3n) is 4.32. The molecular weight excluding hydrogens is 416 g/mol. The monoisotopic (exact) mass is 440 g/mol. The predicted molar refractivity (Wildman–Crippen MR) is 115 cm³/mol. The second-order valence-electron chi connectivity index (χ2n) is 6.60. The Labute approximate surface area is 184 Å². The van der Waals surface area contributed by atoms with Crippen LogP contribution in [0.2, 0.25) is 0 Å². The quantitative estimate of drug-likeness (QED) is 0.214. The van der Waals surface area contributed by atoms with Crippen molar-refractivity contribution in [3.05, 3.63) is 71.8 Å². The lowest BCUT2D eigenvalue weighted by atomic mass is 10.2. The van der Waals surface area contributed by atoms with E-state index < -0.39 is 24.1 Å². The second-order valence-corrected chi connectivity index (χ2v) is 6.60. The molecule has 32 heavy (non-hydrogen) atoms. The molecule has 0 aromatic heterocycles. The summed E-state index contributed by atoms with van der Waals surface area (Å²) in [6.45, 7) is 1.14. The van der Waals surface area contributed by atoms with Crippen molar-refractivity contribution < 1.29 is 24.8 Å². The highest BCUT2D eigenvalue weighted by molar-refractivity contribution is 6.07. The topological polar surface area (TPSA) is 138 Å². The molecule has 0 aliphatic carbocycles. The number of hydrazine groups is 2. The van der Waals surface area contributed by atoms with Crippen LogP contribution in [0.1, 0.15) is 24.5 Å². The van der Waals surface area contributed by atoms with E-state index >= 15 is 0 Å². The smallest absolute Gasteiger partial charge is 0.257 e. The molecule has 0 radical (unpaired) electrons. The number of amides is 3. The molecule has 0 aliphatic heterocycles. The van der Waals surface area contributed by atoms with Crippen LogP contribution in [0.5, 0.6) is 0 Å². The van der Waals surface area contributed by atoms with Crippen molar-refractivity contribution in [2.75, 3.05) is 14.1 Å². The second kappa shape index (κ2) is 11.1. The zero-order valence-electron chi connectivity index (χ0n) is 17.8. The number of carbonyl (C=O) groups is 3. The average Bonchev–Trinajstić information content (AvgIpc) is 2.76. The molecule has 3 amide bonds. The van der Waals surface area contributed by atoms with Crippen molar-refractivity contribution in [3.63, 3.8) is 0 Å². The van der Waals surface area contributed by atoms with Gasteiger partial charge in [-0.2, -0.15) is 5.01 Å². The van der Waals surface area contributed by atoms with Gasteiger partial charge in [-0.25, -0.2) is 0 Å². The Morgan fingerprint density at radius 2 is 1.31 bits per heavy atom. The van der Waals surface area contributed by atoms with Gasteiger partial charge in [0.25, 0.3) is 5.91 Å². The molecule has 11 heteroatoms. The van der Waals surface area contributed by atoms with Crippen molar-refractivity contribution in [2.24, 2.45) is 10.3 Å². The van der Waals surface area contributed by atoms with E-state index in [0.717, 1.165) is 16.9 Å². The zero-order chi connectivity index (χ0) is 23.7. The van der Waals surface area contributed by atoms with Crippen LogP contribution < -0.4 is 5.43 Å². The van der Waals surface area contributed by atoms with E-state index in [4.69, 9.17) is 0 Å². The molecule has 0 bridgehead atoms. The molecule has 0 heterocycles. The van der Waals surface area contributed by atoms with Gasteiger partial charge in [0.2, 0.25) is 11.8 Å². The normalized spacial score (nSPS) is 11.5. The molecule has 3 N–H and O–H groups in total. The Morgan fingerprint density at radius 3 is 1.75 bits per heavy atom. The van der Waals surface area contributed by atoms with Crippen LogP contribution in [0.25, 0.3) is 0 Å². The lowest BCUT2D eigenvalue weighted by molar-refractivity contribution is -0.156. The third kappa shape index (κ3) is 5.81. The number of oxime groups is 2. The van der Waals surface area contributed by atoms with Gasteiger partial charge >= 0.3 is 0 Å². The molecule has 11 nitrogen and oxygen atoms in total. The largest absolute Gasteiger partial charge is 0.409 e. The fourth-order valence-electron chi connectivity index (χ4n) is 2.94. The summed E-state index contributed by atoms with van der Waals surface area (Å²) >= 11 is 0. The van der Waals surface area contributed by atoms with Crippen molar-refractivity contribution >= 4 is 29.4 Å². The first-order valence-electron chi connectivity index (χ1n) is 9.45. The molecule has 2 aromatic carbocycles. The molecule has 0 saturated heterocycles. The number of nitrogens with one attached hydrogen (secondary N) is 1. The maximum atomic E-state index is 12.7. The lowest BCUT2D eigenvalue weighted by Crippen LogP contribution is -2.52. The summed E-state index contributed by atoms with van der Waals surface area (Å²) in [5.41, 5.74) is 3.39. The summed E-state index contributed by atoms with van der Waals surface area (Å²) in [7, 11) is 2.79. The number of rotatable bonds is 4. The van der Waals surface area contributed by atoms with E-state index in [-0.39, 0.29) is 11.7 Å². The molecule has 2 aromatic rings. The minimum atomic E-state index is -0.856. The number of imide groups is 1. The molecule has 0 atom stereocenters. The first kappa shape index (κ1) is 23.9. The van der Waals surface area contributed by atoms with Gasteiger partial charge in [0.05, 0.1) is 0 Å². The Kier molecular flexibility index (Phi) is 8.29. The van der Waals surface area contributed by atoms with Gasteiger partial charge in [0.1, 0.15) is 6.42 Å². The molecule has 2 rings (SSSR count). The molecule has 0 aliphatic rings. The van der Waals surface area contributed by atoms with Crippen molar-refractivity contribution in [2.45, 2.75) is 13.3 Å². The highest BCUT2D eigenvalue weighted by Crippen LogP contribution is 2.10. The minimum Gasteiger partial charge on any atom is -0.409 e. The summed E-state index contributed by atoms with van der Waals surface area (Å²) in [4.78, 5) is 37.3. The third-order valence-corrected chi connectivity index (χ3v) is 4.32. The summed E-state index contributed by atoms with van der Waals surface area (Å²) in [5, 5.41) is 28.0. The number of nitrogens with zero attached hydrogens (tertiary/aromatic N) is 5. The van der Waals surface area contributed by atoms with E-state index in [2.05, 4.69) is 15.7 Å². The Bertz CT molecular complexity index is 1010. The van der Waals surface area contributed by atoms with Crippen LogP contribution >= 0.6 is 0 Å². The fourth-order valence-corrected chi connectivity index (χ4v) is 2.94. The van der Waals surface area contributed by atoms with Crippen LogP contribution in [-0.2, 0) is 14.4 Å². The van der Waals surface area contributed by atoms with Crippen molar-refractivity contribution in [3.8, 4) is 0 Å². The Balaban J connectivity index is 2.12. The van der Waals surface area contributed by atoms with Gasteiger partial charge in [-0.05, 0) is 0 Å². The first-order valence-corrected chi connectivity index (χ1v) is 9.45. The maximum Gasteiger partial charge on any atom is 0.257 e. The summed E-state index contributed by atoms with van der Waals surface area (Å²) < 4.78 is 0.